The number of nitrogens with zero attached hydrogens (tertiary/aromatic N) is 5. The Morgan fingerprint density at radius 2 is 1.95 bits per heavy atom. The summed E-state index contributed by atoms with van der Waals surface area (Å²) in [5.74, 6) is -1.93. The number of ketones is 1. The lowest BCUT2D eigenvalue weighted by molar-refractivity contribution is -0.384. The molecule has 1 atom stereocenters. The standard InChI is InChI=1S/C26H27N5O6/c1-17-22(29-10-3-2-8-20(29)27-17)24(32)21-23(18-6-4-7-19(16-18)31(35)36)30(26(34)25(21)33)11-5-9-28-12-14-37-15-13-28/h2-4,6-8,10,16,23,32H,5,9,11-15H2,1H3/t23-/m0/s1. The maximum absolute atomic E-state index is 13.4. The molecule has 2 aromatic heterocycles. The van der Waals surface area contributed by atoms with Gasteiger partial charge in [0, 0.05) is 44.5 Å². The summed E-state index contributed by atoms with van der Waals surface area (Å²) in [5, 5.41) is 23.0. The van der Waals surface area contributed by atoms with E-state index < -0.39 is 22.7 Å². The zero-order chi connectivity index (χ0) is 26.1. The molecular weight excluding hydrogens is 478 g/mol. The van der Waals surface area contributed by atoms with E-state index in [1.165, 1.54) is 23.1 Å². The van der Waals surface area contributed by atoms with Crippen molar-refractivity contribution in [2.75, 3.05) is 39.4 Å². The van der Waals surface area contributed by atoms with Crippen molar-refractivity contribution in [3.63, 3.8) is 0 Å². The topological polar surface area (TPSA) is 131 Å². The number of nitro benzene ring substituents is 1. The molecule has 2 aliphatic heterocycles. The van der Waals surface area contributed by atoms with Crippen LogP contribution in [0.25, 0.3) is 11.4 Å². The fraction of sp³-hybridized carbons (Fsp3) is 0.346. The lowest BCUT2D eigenvalue weighted by atomic mass is 9.96. The first-order valence-corrected chi connectivity index (χ1v) is 12.1. The van der Waals surface area contributed by atoms with Gasteiger partial charge in [0.1, 0.15) is 11.3 Å². The van der Waals surface area contributed by atoms with Gasteiger partial charge >= 0.3 is 0 Å². The van der Waals surface area contributed by atoms with Gasteiger partial charge in [-0.15, -0.1) is 0 Å². The lowest BCUT2D eigenvalue weighted by Gasteiger charge is -2.29. The van der Waals surface area contributed by atoms with Crippen LogP contribution in [0.2, 0.25) is 0 Å². The number of aliphatic hydroxyl groups is 1. The fourth-order valence-corrected chi connectivity index (χ4v) is 5.08. The quantitative estimate of drug-likeness (QED) is 0.171. The Morgan fingerprint density at radius 3 is 2.70 bits per heavy atom. The summed E-state index contributed by atoms with van der Waals surface area (Å²) in [6.45, 7) is 5.55. The van der Waals surface area contributed by atoms with E-state index in [9.17, 15) is 24.8 Å². The van der Waals surface area contributed by atoms with Crippen molar-refractivity contribution in [1.82, 2.24) is 19.2 Å². The average Bonchev–Trinajstić information content (AvgIpc) is 3.37. The number of aryl methyl sites for hydroxylation is 1. The lowest BCUT2D eigenvalue weighted by Crippen LogP contribution is -2.39. The van der Waals surface area contributed by atoms with Gasteiger partial charge in [-0.1, -0.05) is 18.2 Å². The number of benzene rings is 1. The SMILES string of the molecule is Cc1nc2ccccn2c1C(O)=C1C(=O)C(=O)N(CCCN2CCOCC2)[C@H]1c1cccc([N+](=O)[O-])c1. The van der Waals surface area contributed by atoms with Crippen molar-refractivity contribution in [3.8, 4) is 0 Å². The highest BCUT2D eigenvalue weighted by Crippen LogP contribution is 2.40. The van der Waals surface area contributed by atoms with E-state index >= 15 is 0 Å². The summed E-state index contributed by atoms with van der Waals surface area (Å²) in [6.07, 6.45) is 2.30. The first-order chi connectivity index (χ1) is 17.9. The van der Waals surface area contributed by atoms with E-state index in [2.05, 4.69) is 9.88 Å². The van der Waals surface area contributed by atoms with Crippen LogP contribution in [-0.2, 0) is 14.3 Å². The summed E-state index contributed by atoms with van der Waals surface area (Å²) < 4.78 is 7.04. The van der Waals surface area contributed by atoms with Crippen LogP contribution in [0, 0.1) is 17.0 Å². The number of aliphatic hydroxyl groups excluding tert-OH is 1. The number of Topliss-reactive ketones (excluding diaryl/α,β-unsaturated/α-hetero) is 1. The van der Waals surface area contributed by atoms with Gasteiger partial charge in [0.25, 0.3) is 17.4 Å². The van der Waals surface area contributed by atoms with Crippen molar-refractivity contribution < 1.29 is 24.4 Å². The van der Waals surface area contributed by atoms with Crippen LogP contribution >= 0.6 is 0 Å². The number of fused-ring (bicyclic) bond motifs is 1. The second-order valence-electron chi connectivity index (χ2n) is 9.13. The molecule has 1 N–H and O–H groups in total. The molecule has 0 unspecified atom stereocenters. The minimum atomic E-state index is -0.974. The number of carbonyl (C=O) groups excluding carboxylic acids is 2. The van der Waals surface area contributed by atoms with Crippen LogP contribution in [0.1, 0.15) is 29.4 Å². The van der Waals surface area contributed by atoms with Gasteiger partial charge in [-0.2, -0.15) is 0 Å². The van der Waals surface area contributed by atoms with Gasteiger partial charge in [0.05, 0.1) is 35.4 Å². The number of morpholine rings is 1. The maximum Gasteiger partial charge on any atom is 0.295 e. The molecule has 5 rings (SSSR count). The molecule has 37 heavy (non-hydrogen) atoms. The number of hydrogen-bond acceptors (Lipinski definition) is 8. The third-order valence-corrected chi connectivity index (χ3v) is 6.84. The fourth-order valence-electron chi connectivity index (χ4n) is 5.08. The van der Waals surface area contributed by atoms with E-state index in [1.807, 2.05) is 6.07 Å². The number of aromatic nitrogens is 2. The highest BCUT2D eigenvalue weighted by molar-refractivity contribution is 6.46. The monoisotopic (exact) mass is 505 g/mol. The Morgan fingerprint density at radius 1 is 1.16 bits per heavy atom. The van der Waals surface area contributed by atoms with Crippen molar-refractivity contribution >= 4 is 28.8 Å². The molecule has 192 valence electrons. The van der Waals surface area contributed by atoms with E-state index in [0.717, 1.165) is 13.1 Å². The predicted molar refractivity (Wildman–Crippen MR) is 134 cm³/mol. The van der Waals surface area contributed by atoms with Gasteiger partial charge in [0.15, 0.2) is 5.76 Å². The van der Waals surface area contributed by atoms with Crippen molar-refractivity contribution in [2.45, 2.75) is 19.4 Å². The Bertz CT molecular complexity index is 1410. The van der Waals surface area contributed by atoms with Crippen LogP contribution in [-0.4, -0.2) is 80.3 Å². The summed E-state index contributed by atoms with van der Waals surface area (Å²) >= 11 is 0. The molecule has 2 aliphatic rings. The average molecular weight is 506 g/mol. The number of nitro groups is 1. The number of non-ortho nitro benzene ring substituents is 1. The molecule has 0 radical (unpaired) electrons. The van der Waals surface area contributed by atoms with Crippen molar-refractivity contribution in [1.29, 1.82) is 0 Å². The zero-order valence-corrected chi connectivity index (χ0v) is 20.4. The number of pyridine rings is 1. The predicted octanol–water partition coefficient (Wildman–Crippen LogP) is 2.69. The molecule has 1 aromatic carbocycles. The first-order valence-electron chi connectivity index (χ1n) is 12.1. The molecule has 0 saturated carbocycles. The molecule has 0 bridgehead atoms. The molecular formula is C26H27N5O6. The molecule has 11 nitrogen and oxygen atoms in total. The van der Waals surface area contributed by atoms with E-state index in [4.69, 9.17) is 4.74 Å². The number of rotatable bonds is 7. The van der Waals surface area contributed by atoms with Crippen LogP contribution in [0.15, 0.2) is 54.2 Å². The van der Waals surface area contributed by atoms with E-state index in [0.29, 0.717) is 48.8 Å². The molecule has 1 amide bonds. The normalized spacial score (nSPS) is 20.1. The zero-order valence-electron chi connectivity index (χ0n) is 20.4. The van der Waals surface area contributed by atoms with Crippen LogP contribution in [0.3, 0.4) is 0 Å². The Kier molecular flexibility index (Phi) is 6.72. The summed E-state index contributed by atoms with van der Waals surface area (Å²) in [4.78, 5) is 45.7. The Balaban J connectivity index is 1.58. The maximum atomic E-state index is 13.4. The highest BCUT2D eigenvalue weighted by Gasteiger charge is 2.46. The number of likely N-dealkylation sites (tertiary alicyclic amines) is 1. The molecule has 2 fully saturated rings. The second kappa shape index (κ2) is 10.1. The van der Waals surface area contributed by atoms with Gasteiger partial charge in [0.2, 0.25) is 0 Å². The molecule has 3 aromatic rings. The second-order valence-corrected chi connectivity index (χ2v) is 9.13. The van der Waals surface area contributed by atoms with Crippen LogP contribution in [0.5, 0.6) is 0 Å². The van der Waals surface area contributed by atoms with Gasteiger partial charge in [-0.3, -0.25) is 29.0 Å². The number of ether oxygens (including phenoxy) is 1. The third-order valence-electron chi connectivity index (χ3n) is 6.84. The number of carbonyl (C=O) groups is 2. The van der Waals surface area contributed by atoms with E-state index in [1.54, 1.807) is 35.7 Å². The largest absolute Gasteiger partial charge is 0.505 e. The minimum absolute atomic E-state index is 0.106. The molecule has 2 saturated heterocycles. The number of imidazole rings is 1. The van der Waals surface area contributed by atoms with Gasteiger partial charge < -0.3 is 14.7 Å². The minimum Gasteiger partial charge on any atom is -0.505 e. The third kappa shape index (κ3) is 4.58. The van der Waals surface area contributed by atoms with Gasteiger partial charge in [-0.25, -0.2) is 4.98 Å². The Labute approximate surface area is 212 Å². The van der Waals surface area contributed by atoms with E-state index in [-0.39, 0.29) is 23.6 Å². The van der Waals surface area contributed by atoms with Crippen LogP contribution in [0.4, 0.5) is 5.69 Å². The summed E-state index contributed by atoms with van der Waals surface area (Å²) in [7, 11) is 0. The Hall–Kier alpha value is -4.09. The molecule has 4 heterocycles. The highest BCUT2D eigenvalue weighted by atomic mass is 16.6. The smallest absolute Gasteiger partial charge is 0.295 e. The van der Waals surface area contributed by atoms with Gasteiger partial charge in [-0.05, 0) is 31.0 Å². The van der Waals surface area contributed by atoms with Crippen LogP contribution < -0.4 is 0 Å². The first kappa shape index (κ1) is 24.6. The van der Waals surface area contributed by atoms with Crippen molar-refractivity contribution in [3.05, 3.63) is 81.3 Å². The molecule has 0 spiro atoms. The molecule has 0 aliphatic carbocycles. The van der Waals surface area contributed by atoms with Crippen molar-refractivity contribution in [2.24, 2.45) is 0 Å². The number of amides is 1. The number of hydrogen-bond donors (Lipinski definition) is 1. The summed E-state index contributed by atoms with van der Waals surface area (Å²) in [6, 6.07) is 10.2. The summed E-state index contributed by atoms with van der Waals surface area (Å²) in [5.41, 5.74) is 1.48. The molecule has 11 heteroatoms.